The summed E-state index contributed by atoms with van der Waals surface area (Å²) in [6, 6.07) is 5.04. The van der Waals surface area contributed by atoms with Crippen molar-refractivity contribution in [3.05, 3.63) is 30.1 Å². The van der Waals surface area contributed by atoms with Crippen molar-refractivity contribution >= 4 is 0 Å². The third-order valence-corrected chi connectivity index (χ3v) is 5.43. The zero-order valence-corrected chi connectivity index (χ0v) is 14.3. The molecule has 1 saturated heterocycles. The van der Waals surface area contributed by atoms with Gasteiger partial charge in [0.2, 0.25) is 0 Å². The van der Waals surface area contributed by atoms with E-state index in [1.807, 2.05) is 12.4 Å². The molecule has 2 rings (SSSR count). The largest absolute Gasteiger partial charge is 0.301 e. The molecule has 0 aliphatic carbocycles. The summed E-state index contributed by atoms with van der Waals surface area (Å²) in [5.74, 6) is 2.45. The van der Waals surface area contributed by atoms with E-state index in [0.29, 0.717) is 5.92 Å². The van der Waals surface area contributed by atoms with Crippen molar-refractivity contribution in [3.8, 4) is 0 Å². The Morgan fingerprint density at radius 2 is 1.67 bits per heavy atom. The van der Waals surface area contributed by atoms with Gasteiger partial charge in [0.05, 0.1) is 0 Å². The van der Waals surface area contributed by atoms with Crippen LogP contribution in [-0.4, -0.2) is 29.0 Å². The number of hydrogen-bond donors (Lipinski definition) is 0. The molecule has 0 amide bonds. The minimum absolute atomic E-state index is 0.642. The van der Waals surface area contributed by atoms with E-state index in [4.69, 9.17) is 0 Å². The quantitative estimate of drug-likeness (QED) is 0.753. The maximum Gasteiger partial charge on any atom is 0.0270 e. The van der Waals surface area contributed by atoms with Gasteiger partial charge in [-0.25, -0.2) is 0 Å². The first-order valence-electron chi connectivity index (χ1n) is 8.72. The highest BCUT2D eigenvalue weighted by Gasteiger charge is 2.24. The van der Waals surface area contributed by atoms with Gasteiger partial charge in [0.1, 0.15) is 0 Å². The number of pyridine rings is 1. The Morgan fingerprint density at radius 3 is 2.24 bits per heavy atom. The van der Waals surface area contributed by atoms with Crippen molar-refractivity contribution in [3.63, 3.8) is 0 Å². The second-order valence-electron chi connectivity index (χ2n) is 7.23. The van der Waals surface area contributed by atoms with Crippen molar-refractivity contribution in [1.29, 1.82) is 0 Å². The van der Waals surface area contributed by atoms with Crippen LogP contribution in [0.1, 0.15) is 64.9 Å². The summed E-state index contributed by atoms with van der Waals surface area (Å²) in [6.45, 7) is 12.1. The Kier molecular flexibility index (Phi) is 6.22. The van der Waals surface area contributed by atoms with Crippen molar-refractivity contribution in [2.45, 2.75) is 65.3 Å². The van der Waals surface area contributed by atoms with Crippen LogP contribution in [-0.2, 0) is 0 Å². The average molecular weight is 288 g/mol. The number of nitrogens with zero attached hydrogens (tertiary/aromatic N) is 2. The van der Waals surface area contributed by atoms with E-state index in [2.05, 4.69) is 49.7 Å². The minimum Gasteiger partial charge on any atom is -0.301 e. The molecule has 1 aromatic heterocycles. The van der Waals surface area contributed by atoms with Gasteiger partial charge >= 0.3 is 0 Å². The van der Waals surface area contributed by atoms with Crippen LogP contribution in [0.3, 0.4) is 0 Å². The van der Waals surface area contributed by atoms with Gasteiger partial charge in [0.15, 0.2) is 0 Å². The summed E-state index contributed by atoms with van der Waals surface area (Å²) in [4.78, 5) is 6.82. The molecule has 1 aliphatic rings. The number of rotatable bonds is 6. The third-order valence-electron chi connectivity index (χ3n) is 5.43. The first-order valence-corrected chi connectivity index (χ1v) is 8.72. The van der Waals surface area contributed by atoms with Crippen LogP contribution in [0.5, 0.6) is 0 Å². The fourth-order valence-electron chi connectivity index (χ4n) is 3.56. The van der Waals surface area contributed by atoms with Gasteiger partial charge in [-0.15, -0.1) is 0 Å². The van der Waals surface area contributed by atoms with Crippen LogP contribution in [0.2, 0.25) is 0 Å². The Morgan fingerprint density at radius 1 is 1.05 bits per heavy atom. The molecule has 0 aromatic carbocycles. The van der Waals surface area contributed by atoms with E-state index in [1.54, 1.807) is 0 Å². The second-order valence-corrected chi connectivity index (χ2v) is 7.23. The van der Waals surface area contributed by atoms with Crippen LogP contribution in [0, 0.1) is 11.8 Å². The molecule has 118 valence electrons. The maximum atomic E-state index is 4.11. The number of piperidine rings is 1. The van der Waals surface area contributed by atoms with Crippen LogP contribution in [0.4, 0.5) is 0 Å². The molecule has 2 heterocycles. The van der Waals surface area contributed by atoms with Crippen molar-refractivity contribution in [1.82, 2.24) is 9.88 Å². The fourth-order valence-corrected chi connectivity index (χ4v) is 3.56. The molecule has 2 atom stereocenters. The summed E-state index contributed by atoms with van der Waals surface area (Å²) in [6.07, 6.45) is 9.17. The topological polar surface area (TPSA) is 16.1 Å². The highest BCUT2D eigenvalue weighted by Crippen LogP contribution is 2.27. The lowest BCUT2D eigenvalue weighted by Gasteiger charge is -2.37. The number of hydrogen-bond acceptors (Lipinski definition) is 2. The molecule has 0 radical (unpaired) electrons. The normalized spacial score (nSPS) is 20.6. The van der Waals surface area contributed by atoms with Crippen LogP contribution in [0.25, 0.3) is 0 Å². The lowest BCUT2D eigenvalue weighted by molar-refractivity contribution is 0.115. The standard InChI is InChI=1S/C19H32N2/c1-15(2)18-9-13-21(14-10-18)17(4)6-5-16(3)19-7-11-20-12-8-19/h7-8,11-12,15-18H,5-6,9-10,13-14H2,1-4H3. The van der Waals surface area contributed by atoms with Crippen molar-refractivity contribution < 1.29 is 0 Å². The van der Waals surface area contributed by atoms with Gasteiger partial charge in [0.25, 0.3) is 0 Å². The predicted octanol–water partition coefficient (Wildman–Crippen LogP) is 4.72. The minimum atomic E-state index is 0.642. The Hall–Kier alpha value is -0.890. The van der Waals surface area contributed by atoms with E-state index < -0.39 is 0 Å². The highest BCUT2D eigenvalue weighted by atomic mass is 15.2. The fraction of sp³-hybridized carbons (Fsp3) is 0.737. The number of aromatic nitrogens is 1. The third kappa shape index (κ3) is 4.81. The van der Waals surface area contributed by atoms with Gasteiger partial charge in [-0.05, 0) is 81.1 Å². The summed E-state index contributed by atoms with van der Waals surface area (Å²) >= 11 is 0. The van der Waals surface area contributed by atoms with Crippen LogP contribution < -0.4 is 0 Å². The zero-order valence-electron chi connectivity index (χ0n) is 14.3. The zero-order chi connectivity index (χ0) is 15.2. The maximum absolute atomic E-state index is 4.11. The second kappa shape index (κ2) is 7.93. The molecule has 21 heavy (non-hydrogen) atoms. The van der Waals surface area contributed by atoms with Crippen molar-refractivity contribution in [2.75, 3.05) is 13.1 Å². The summed E-state index contributed by atoms with van der Waals surface area (Å²) in [7, 11) is 0. The molecule has 0 saturated carbocycles. The summed E-state index contributed by atoms with van der Waals surface area (Å²) in [5.41, 5.74) is 1.43. The lowest BCUT2D eigenvalue weighted by atomic mass is 9.86. The van der Waals surface area contributed by atoms with E-state index in [0.717, 1.165) is 17.9 Å². The van der Waals surface area contributed by atoms with Gasteiger partial charge in [0, 0.05) is 18.4 Å². The molecular formula is C19H32N2. The predicted molar refractivity (Wildman–Crippen MR) is 90.5 cm³/mol. The Balaban J connectivity index is 1.74. The molecule has 1 aromatic rings. The first-order chi connectivity index (χ1) is 10.1. The SMILES string of the molecule is CC(CCC(C)N1CCC(C(C)C)CC1)c1ccncc1. The number of likely N-dealkylation sites (tertiary alicyclic amines) is 1. The summed E-state index contributed by atoms with van der Waals surface area (Å²) < 4.78 is 0. The summed E-state index contributed by atoms with van der Waals surface area (Å²) in [5, 5.41) is 0. The monoisotopic (exact) mass is 288 g/mol. The van der Waals surface area contributed by atoms with Crippen LogP contribution >= 0.6 is 0 Å². The molecule has 0 spiro atoms. The molecule has 1 aliphatic heterocycles. The lowest BCUT2D eigenvalue weighted by Crippen LogP contribution is -2.41. The Bertz CT molecular complexity index is 393. The molecule has 0 N–H and O–H groups in total. The molecule has 2 nitrogen and oxygen atoms in total. The molecule has 1 fully saturated rings. The average Bonchev–Trinajstić information content (AvgIpc) is 2.53. The smallest absolute Gasteiger partial charge is 0.0270 e. The van der Waals surface area contributed by atoms with Gasteiger partial charge < -0.3 is 4.90 Å². The molecular weight excluding hydrogens is 256 g/mol. The van der Waals surface area contributed by atoms with Crippen LogP contribution in [0.15, 0.2) is 24.5 Å². The molecule has 2 unspecified atom stereocenters. The highest BCUT2D eigenvalue weighted by molar-refractivity contribution is 5.14. The van der Waals surface area contributed by atoms with Gasteiger partial charge in [-0.1, -0.05) is 20.8 Å². The van der Waals surface area contributed by atoms with Gasteiger partial charge in [-0.3, -0.25) is 4.98 Å². The molecule has 0 bridgehead atoms. The van der Waals surface area contributed by atoms with E-state index in [1.165, 1.54) is 44.3 Å². The first kappa shape index (κ1) is 16.5. The van der Waals surface area contributed by atoms with E-state index >= 15 is 0 Å². The van der Waals surface area contributed by atoms with Gasteiger partial charge in [-0.2, -0.15) is 0 Å². The van der Waals surface area contributed by atoms with Crippen molar-refractivity contribution in [2.24, 2.45) is 11.8 Å². The van der Waals surface area contributed by atoms with E-state index in [9.17, 15) is 0 Å². The molecule has 2 heteroatoms. The van der Waals surface area contributed by atoms with E-state index in [-0.39, 0.29) is 0 Å². The Labute approximate surface area is 131 Å².